The van der Waals surface area contributed by atoms with Crippen LogP contribution < -0.4 is 10.2 Å². The van der Waals surface area contributed by atoms with Crippen molar-refractivity contribution in [2.75, 3.05) is 0 Å². The molecule has 1 aliphatic heterocycles. The van der Waals surface area contributed by atoms with Crippen LogP contribution in [-0.2, 0) is 0 Å². The quantitative estimate of drug-likeness (QED) is 0.421. The van der Waals surface area contributed by atoms with E-state index in [1.54, 1.807) is 11.7 Å². The summed E-state index contributed by atoms with van der Waals surface area (Å²) in [6.07, 6.45) is 1.74. The summed E-state index contributed by atoms with van der Waals surface area (Å²) in [5.74, 6) is 0.818. The molecular formula is C18H12N2O3S. The first-order chi connectivity index (χ1) is 11.8. The molecule has 1 aromatic heterocycles. The lowest BCUT2D eigenvalue weighted by Crippen LogP contribution is -2.18. The van der Waals surface area contributed by atoms with Gasteiger partial charge >= 0.3 is 0 Å². The van der Waals surface area contributed by atoms with Crippen molar-refractivity contribution in [3.05, 3.63) is 64.4 Å². The van der Waals surface area contributed by atoms with Gasteiger partial charge in [-0.25, -0.2) is 5.48 Å². The highest BCUT2D eigenvalue weighted by molar-refractivity contribution is 7.12. The van der Waals surface area contributed by atoms with Crippen molar-refractivity contribution in [2.24, 2.45) is 4.99 Å². The highest BCUT2D eigenvalue weighted by Gasteiger charge is 2.20. The fraction of sp³-hybridized carbons (Fsp3) is 0. The van der Waals surface area contributed by atoms with Crippen molar-refractivity contribution in [1.82, 2.24) is 5.48 Å². The van der Waals surface area contributed by atoms with Crippen molar-refractivity contribution in [2.45, 2.75) is 0 Å². The number of rotatable bonds is 2. The normalized spacial score (nSPS) is 11.9. The molecule has 0 saturated carbocycles. The minimum absolute atomic E-state index is 0.432. The maximum Gasteiger partial charge on any atom is 0.285 e. The van der Waals surface area contributed by atoms with Crippen LogP contribution in [-0.4, -0.2) is 17.3 Å². The standard InChI is InChI=1S/C18H12N2O3S/c21-18(20-22)17-12(8-9-24-17)11-4-3-7-15-13(11)10-19-14-5-1-2-6-16(14)23-15/h1-10,22H,(H,20,21). The van der Waals surface area contributed by atoms with Crippen molar-refractivity contribution in [1.29, 1.82) is 0 Å². The van der Waals surface area contributed by atoms with Crippen molar-refractivity contribution in [3.8, 4) is 22.6 Å². The zero-order valence-electron chi connectivity index (χ0n) is 12.4. The van der Waals surface area contributed by atoms with Gasteiger partial charge in [-0.15, -0.1) is 11.3 Å². The summed E-state index contributed by atoms with van der Waals surface area (Å²) in [5, 5.41) is 10.7. The van der Waals surface area contributed by atoms with Gasteiger partial charge < -0.3 is 4.74 Å². The molecule has 0 atom stereocenters. The summed E-state index contributed by atoms with van der Waals surface area (Å²) in [5.41, 5.74) is 4.78. The first-order valence-corrected chi connectivity index (χ1v) is 8.12. The van der Waals surface area contributed by atoms with Crippen molar-refractivity contribution < 1.29 is 14.7 Å². The second kappa shape index (κ2) is 5.92. The lowest BCUT2D eigenvalue weighted by molar-refractivity contribution is 0.0711. The zero-order chi connectivity index (χ0) is 16.5. The molecule has 1 aliphatic rings. The highest BCUT2D eigenvalue weighted by Crippen LogP contribution is 2.40. The number of hydroxylamine groups is 1. The summed E-state index contributed by atoms with van der Waals surface area (Å²) in [4.78, 5) is 16.8. The van der Waals surface area contributed by atoms with Gasteiger partial charge in [-0.3, -0.25) is 15.0 Å². The topological polar surface area (TPSA) is 70.9 Å². The number of carbonyl (C=O) groups excluding carboxylic acids is 1. The molecule has 0 spiro atoms. The first kappa shape index (κ1) is 14.6. The Morgan fingerprint density at radius 1 is 1.04 bits per heavy atom. The summed E-state index contributed by atoms with van der Waals surface area (Å²) in [7, 11) is 0. The molecule has 0 aliphatic carbocycles. The monoisotopic (exact) mass is 336 g/mol. The smallest absolute Gasteiger partial charge is 0.285 e. The Kier molecular flexibility index (Phi) is 3.60. The van der Waals surface area contributed by atoms with Crippen LogP contribution in [0.2, 0.25) is 0 Å². The third-order valence-corrected chi connectivity index (χ3v) is 4.66. The summed E-state index contributed by atoms with van der Waals surface area (Å²) in [6, 6.07) is 15.0. The van der Waals surface area contributed by atoms with E-state index in [2.05, 4.69) is 4.99 Å². The third-order valence-electron chi connectivity index (χ3n) is 3.75. The van der Waals surface area contributed by atoms with Gasteiger partial charge in [0, 0.05) is 17.3 Å². The Morgan fingerprint density at radius 3 is 2.75 bits per heavy atom. The maximum atomic E-state index is 11.9. The molecule has 3 aromatic rings. The van der Waals surface area contributed by atoms with Gasteiger partial charge in [0.2, 0.25) is 0 Å². The summed E-state index contributed by atoms with van der Waals surface area (Å²) < 4.78 is 6.00. The van der Waals surface area contributed by atoms with E-state index in [0.29, 0.717) is 16.4 Å². The summed E-state index contributed by atoms with van der Waals surface area (Å²) in [6.45, 7) is 0. The average Bonchev–Trinajstić information content (AvgIpc) is 3.02. The molecule has 0 unspecified atom stereocenters. The number of fused-ring (bicyclic) bond motifs is 2. The largest absolute Gasteiger partial charge is 0.454 e. The van der Waals surface area contributed by atoms with Crippen LogP contribution in [0.25, 0.3) is 11.1 Å². The molecule has 24 heavy (non-hydrogen) atoms. The first-order valence-electron chi connectivity index (χ1n) is 7.24. The van der Waals surface area contributed by atoms with Gasteiger partial charge in [-0.1, -0.05) is 24.3 Å². The van der Waals surface area contributed by atoms with E-state index in [0.717, 1.165) is 22.4 Å². The van der Waals surface area contributed by atoms with Gasteiger partial charge in [-0.2, -0.15) is 0 Å². The molecule has 4 rings (SSSR count). The lowest BCUT2D eigenvalue weighted by atomic mass is 10.00. The maximum absolute atomic E-state index is 11.9. The molecule has 2 aromatic carbocycles. The number of carbonyl (C=O) groups is 1. The van der Waals surface area contributed by atoms with Crippen molar-refractivity contribution >= 4 is 29.1 Å². The molecule has 0 saturated heterocycles. The van der Waals surface area contributed by atoms with Crippen molar-refractivity contribution in [3.63, 3.8) is 0 Å². The third kappa shape index (κ3) is 2.38. The van der Waals surface area contributed by atoms with Gasteiger partial charge in [0.25, 0.3) is 5.91 Å². The Morgan fingerprint density at radius 2 is 1.88 bits per heavy atom. The molecule has 118 valence electrons. The fourth-order valence-corrected chi connectivity index (χ4v) is 3.45. The van der Waals surface area contributed by atoms with E-state index in [-0.39, 0.29) is 0 Å². The Labute approximate surface area is 141 Å². The van der Waals surface area contributed by atoms with Crippen LogP contribution in [0.15, 0.2) is 58.9 Å². The van der Waals surface area contributed by atoms with Gasteiger partial charge in [0.05, 0.1) is 0 Å². The number of hydrogen-bond donors (Lipinski definition) is 2. The number of hydrogen-bond acceptors (Lipinski definition) is 5. The van der Waals surface area contributed by atoms with E-state index in [4.69, 9.17) is 9.94 Å². The number of ether oxygens (including phenoxy) is 1. The molecule has 0 radical (unpaired) electrons. The van der Waals surface area contributed by atoms with E-state index in [9.17, 15) is 4.79 Å². The Bertz CT molecular complexity index is 962. The number of aliphatic imine (C=N–C) groups is 1. The van der Waals surface area contributed by atoms with Crippen LogP contribution in [0, 0.1) is 0 Å². The van der Waals surface area contributed by atoms with Crippen LogP contribution in [0.5, 0.6) is 11.5 Å². The Hall–Kier alpha value is -2.96. The number of thiophene rings is 1. The lowest BCUT2D eigenvalue weighted by Gasteiger charge is -2.11. The van der Waals surface area contributed by atoms with E-state index in [1.807, 2.05) is 53.9 Å². The number of amides is 1. The molecular weight excluding hydrogens is 324 g/mol. The predicted molar refractivity (Wildman–Crippen MR) is 92.8 cm³/mol. The molecule has 6 heteroatoms. The van der Waals surface area contributed by atoms with Crippen LogP contribution in [0.4, 0.5) is 5.69 Å². The SMILES string of the molecule is O=C(NO)c1sccc1-c1cccc2c1C=Nc1ccccc1O2. The molecule has 0 bridgehead atoms. The molecule has 2 N–H and O–H groups in total. The van der Waals surface area contributed by atoms with E-state index < -0.39 is 5.91 Å². The zero-order valence-corrected chi connectivity index (χ0v) is 13.2. The number of nitrogens with zero attached hydrogens (tertiary/aromatic N) is 1. The van der Waals surface area contributed by atoms with Crippen LogP contribution in [0.1, 0.15) is 15.2 Å². The number of benzene rings is 2. The minimum Gasteiger partial charge on any atom is -0.454 e. The average molecular weight is 336 g/mol. The number of para-hydroxylation sites is 2. The Balaban J connectivity index is 1.88. The van der Waals surface area contributed by atoms with Gasteiger partial charge in [0.1, 0.15) is 16.3 Å². The van der Waals surface area contributed by atoms with E-state index in [1.165, 1.54) is 11.3 Å². The molecule has 1 amide bonds. The highest BCUT2D eigenvalue weighted by atomic mass is 32.1. The molecule has 0 fully saturated rings. The van der Waals surface area contributed by atoms with Crippen LogP contribution in [0.3, 0.4) is 0 Å². The molecule has 2 heterocycles. The minimum atomic E-state index is -0.535. The predicted octanol–water partition coefficient (Wildman–Crippen LogP) is 4.39. The van der Waals surface area contributed by atoms with Gasteiger partial charge in [0.15, 0.2) is 5.75 Å². The fourth-order valence-electron chi connectivity index (χ4n) is 2.65. The molecule has 5 nitrogen and oxygen atoms in total. The summed E-state index contributed by atoms with van der Waals surface area (Å²) >= 11 is 1.26. The van der Waals surface area contributed by atoms with Gasteiger partial charge in [-0.05, 0) is 35.2 Å². The van der Waals surface area contributed by atoms with E-state index >= 15 is 0 Å². The second-order valence-electron chi connectivity index (χ2n) is 5.15. The number of nitrogens with one attached hydrogen (secondary N) is 1. The second-order valence-corrected chi connectivity index (χ2v) is 6.07. The van der Waals surface area contributed by atoms with Crippen LogP contribution >= 0.6 is 11.3 Å².